The molecule has 4 unspecified atom stereocenters. The Bertz CT molecular complexity index is 1290. The van der Waals surface area contributed by atoms with Crippen LogP contribution in [0.5, 0.6) is 5.75 Å². The van der Waals surface area contributed by atoms with Crippen LogP contribution in [0.3, 0.4) is 0 Å². The van der Waals surface area contributed by atoms with Crippen molar-refractivity contribution in [2.24, 2.45) is 10.8 Å². The number of rotatable bonds is 3. The molecule has 172 valence electrons. The summed E-state index contributed by atoms with van der Waals surface area (Å²) in [4.78, 5) is 0. The molecular weight excluding hydrogens is 449 g/mol. The average Bonchev–Trinajstić information content (AvgIpc) is 3.00. The normalized spacial score (nSPS) is 29.3. The maximum absolute atomic E-state index is 13.4. The Morgan fingerprint density at radius 3 is 2.29 bits per heavy atom. The van der Waals surface area contributed by atoms with Crippen molar-refractivity contribution < 1.29 is 27.4 Å². The number of hydrogen-bond donors (Lipinski definition) is 1. The summed E-state index contributed by atoms with van der Waals surface area (Å²) in [5.74, 6) is -3.30. The van der Waals surface area contributed by atoms with E-state index in [1.54, 1.807) is 24.3 Å². The Morgan fingerprint density at radius 1 is 1.03 bits per heavy atom. The van der Waals surface area contributed by atoms with Gasteiger partial charge in [-0.25, -0.2) is 0 Å². The van der Waals surface area contributed by atoms with Crippen LogP contribution in [0.2, 0.25) is 0 Å². The topological polar surface area (TPSA) is 123 Å². The van der Waals surface area contributed by atoms with Crippen LogP contribution in [0.1, 0.15) is 35.6 Å². The first kappa shape index (κ1) is 23.1. The number of para-hydroxylation sites is 1. The van der Waals surface area contributed by atoms with Crippen molar-refractivity contribution in [2.75, 3.05) is 7.11 Å². The maximum Gasteiger partial charge on any atom is 0.416 e. The number of hydrogen-bond acceptors (Lipinski definition) is 7. The molecule has 7 nitrogen and oxygen atoms in total. The number of fused-ring (bicyclic) bond motifs is 2. The van der Waals surface area contributed by atoms with Crippen molar-refractivity contribution in [3.8, 4) is 24.0 Å². The van der Waals surface area contributed by atoms with Crippen LogP contribution in [-0.2, 0) is 15.7 Å². The van der Waals surface area contributed by atoms with E-state index >= 15 is 0 Å². The van der Waals surface area contributed by atoms with Gasteiger partial charge < -0.3 is 14.2 Å². The lowest BCUT2D eigenvalue weighted by atomic mass is 9.52. The fraction of sp³-hybridized carbons (Fsp3) is 0.333. The van der Waals surface area contributed by atoms with Crippen LogP contribution < -0.4 is 4.74 Å². The molecule has 0 aliphatic carbocycles. The summed E-state index contributed by atoms with van der Waals surface area (Å²) in [6, 6.07) is 16.2. The van der Waals surface area contributed by atoms with Gasteiger partial charge >= 0.3 is 6.18 Å². The number of nitrogens with one attached hydrogen (secondary N) is 1. The number of halogens is 3. The fourth-order valence-corrected chi connectivity index (χ4v) is 5.03. The van der Waals surface area contributed by atoms with E-state index in [2.05, 4.69) is 0 Å². The summed E-state index contributed by atoms with van der Waals surface area (Å²) in [5, 5.41) is 39.6. The van der Waals surface area contributed by atoms with Crippen LogP contribution in [0.15, 0.2) is 48.5 Å². The first-order valence-electron chi connectivity index (χ1n) is 10.0. The van der Waals surface area contributed by atoms with Crippen LogP contribution in [0.25, 0.3) is 0 Å². The summed E-state index contributed by atoms with van der Waals surface area (Å²) < 4.78 is 57.4. The number of alkyl halides is 3. The summed E-state index contributed by atoms with van der Waals surface area (Å²) in [6.07, 6.45) is -6.31. The monoisotopic (exact) mass is 466 g/mol. The summed E-state index contributed by atoms with van der Waals surface area (Å²) >= 11 is 0. The molecule has 4 rings (SSSR count). The Hall–Kier alpha value is -4.07. The van der Waals surface area contributed by atoms with Gasteiger partial charge in [0.15, 0.2) is 5.41 Å². The van der Waals surface area contributed by atoms with Crippen molar-refractivity contribution in [3.05, 3.63) is 65.2 Å². The van der Waals surface area contributed by atoms with Gasteiger partial charge in [0.1, 0.15) is 11.9 Å². The number of nitriles is 3. The zero-order chi connectivity index (χ0) is 24.9. The predicted molar refractivity (Wildman–Crippen MR) is 110 cm³/mol. The number of ether oxygens (including phenoxy) is 3. The molecule has 0 spiro atoms. The van der Waals surface area contributed by atoms with Crippen molar-refractivity contribution in [3.63, 3.8) is 0 Å². The molecule has 0 saturated carbocycles. The molecule has 34 heavy (non-hydrogen) atoms. The second-order valence-corrected chi connectivity index (χ2v) is 8.19. The zero-order valence-electron chi connectivity index (χ0n) is 18.0. The largest absolute Gasteiger partial charge is 0.496 e. The minimum Gasteiger partial charge on any atom is -0.496 e. The third kappa shape index (κ3) is 2.81. The van der Waals surface area contributed by atoms with Crippen LogP contribution in [-0.4, -0.2) is 18.8 Å². The van der Waals surface area contributed by atoms with Crippen molar-refractivity contribution in [1.29, 1.82) is 21.2 Å². The van der Waals surface area contributed by atoms with E-state index in [0.717, 1.165) is 18.2 Å². The molecule has 2 fully saturated rings. The minimum atomic E-state index is -4.69. The molecule has 2 aromatic carbocycles. The van der Waals surface area contributed by atoms with Gasteiger partial charge in [-0.2, -0.15) is 29.0 Å². The Kier molecular flexibility index (Phi) is 5.08. The third-order valence-corrected chi connectivity index (χ3v) is 6.48. The molecule has 2 aliphatic heterocycles. The quantitative estimate of drug-likeness (QED) is 0.691. The van der Waals surface area contributed by atoms with Gasteiger partial charge in [0, 0.05) is 12.5 Å². The van der Waals surface area contributed by atoms with E-state index in [-0.39, 0.29) is 5.56 Å². The van der Waals surface area contributed by atoms with Crippen molar-refractivity contribution in [2.45, 2.75) is 30.9 Å². The van der Waals surface area contributed by atoms with Gasteiger partial charge in [0.05, 0.1) is 36.8 Å². The lowest BCUT2D eigenvalue weighted by Crippen LogP contribution is -2.57. The van der Waals surface area contributed by atoms with Gasteiger partial charge in [0.25, 0.3) is 0 Å². The highest BCUT2D eigenvalue weighted by atomic mass is 19.4. The highest BCUT2D eigenvalue weighted by Gasteiger charge is 2.80. The van der Waals surface area contributed by atoms with Crippen molar-refractivity contribution in [1.82, 2.24) is 0 Å². The lowest BCUT2D eigenvalue weighted by Gasteiger charge is -2.49. The Balaban J connectivity index is 2.03. The number of benzene rings is 2. The summed E-state index contributed by atoms with van der Waals surface area (Å²) in [6.45, 7) is 1.43. The van der Waals surface area contributed by atoms with E-state index in [4.69, 9.17) is 19.6 Å². The van der Waals surface area contributed by atoms with E-state index in [9.17, 15) is 29.0 Å². The molecular formula is C24H17F3N4O3. The molecule has 1 N–H and O–H groups in total. The molecule has 2 saturated heterocycles. The maximum atomic E-state index is 13.4. The molecule has 2 heterocycles. The zero-order valence-corrected chi connectivity index (χ0v) is 18.0. The first-order valence-corrected chi connectivity index (χ1v) is 10.0. The summed E-state index contributed by atoms with van der Waals surface area (Å²) in [7, 11) is 1.39. The highest BCUT2D eigenvalue weighted by Crippen LogP contribution is 2.70. The molecule has 2 aromatic rings. The van der Waals surface area contributed by atoms with E-state index in [0.29, 0.717) is 11.3 Å². The molecule has 0 aromatic heterocycles. The smallest absolute Gasteiger partial charge is 0.416 e. The first-order chi connectivity index (χ1) is 16.0. The third-order valence-electron chi connectivity index (χ3n) is 6.48. The Labute approximate surface area is 193 Å². The molecule has 0 radical (unpaired) electrons. The molecule has 0 amide bonds. The van der Waals surface area contributed by atoms with Crippen molar-refractivity contribution >= 4 is 5.90 Å². The highest BCUT2D eigenvalue weighted by molar-refractivity contribution is 5.90. The standard InChI is InChI=1S/C24H17F3N4O3/c1-21-18(16-8-3-4-9-17(16)32-2)23(13-30,20(31)34-21)22(11-28,12-29)19(33-21)14-6-5-7-15(10-14)24(25,26)27/h3-10,18-19,31H,1-2H3. The second-order valence-electron chi connectivity index (χ2n) is 8.19. The SMILES string of the molecule is COc1ccccc1C1C2(C)OC(=N)C1(C#N)C(C#N)(C#N)C(c1cccc(C(F)(F)F)c1)O2. The van der Waals surface area contributed by atoms with Gasteiger partial charge in [-0.3, -0.25) is 5.41 Å². The van der Waals surface area contributed by atoms with Gasteiger partial charge in [0.2, 0.25) is 17.1 Å². The molecule has 2 aliphatic rings. The molecule has 4 atom stereocenters. The minimum absolute atomic E-state index is 0.138. The summed E-state index contributed by atoms with van der Waals surface area (Å²) in [5.41, 5.74) is -5.43. The van der Waals surface area contributed by atoms with Crippen LogP contribution >= 0.6 is 0 Å². The lowest BCUT2D eigenvalue weighted by molar-refractivity contribution is -0.253. The molecule has 10 heteroatoms. The Morgan fingerprint density at radius 2 is 1.71 bits per heavy atom. The van der Waals surface area contributed by atoms with Gasteiger partial charge in [-0.15, -0.1) is 0 Å². The van der Waals surface area contributed by atoms with Crippen LogP contribution in [0.4, 0.5) is 13.2 Å². The van der Waals surface area contributed by atoms with Gasteiger partial charge in [-0.1, -0.05) is 30.3 Å². The number of methoxy groups -OCH3 is 1. The second kappa shape index (κ2) is 7.48. The van der Waals surface area contributed by atoms with Crippen LogP contribution in [0, 0.1) is 50.2 Å². The van der Waals surface area contributed by atoms with E-state index < -0.39 is 46.3 Å². The van der Waals surface area contributed by atoms with Gasteiger partial charge in [-0.05, 0) is 23.8 Å². The number of nitrogens with zero attached hydrogens (tertiary/aromatic N) is 3. The van der Waals surface area contributed by atoms with E-state index in [1.165, 1.54) is 20.1 Å². The average molecular weight is 466 g/mol. The fourth-order valence-electron chi connectivity index (χ4n) is 5.03. The predicted octanol–water partition coefficient (Wildman–Crippen LogP) is 4.84. The molecule has 2 bridgehead atoms. The van der Waals surface area contributed by atoms with E-state index in [1.807, 2.05) is 18.2 Å².